The van der Waals surface area contributed by atoms with Crippen LogP contribution in [0.15, 0.2) is 30.3 Å². The summed E-state index contributed by atoms with van der Waals surface area (Å²) in [5.74, 6) is -0.336. The molecule has 6 heteroatoms. The zero-order valence-corrected chi connectivity index (χ0v) is 9.53. The van der Waals surface area contributed by atoms with Gasteiger partial charge < -0.3 is 5.32 Å². The fourth-order valence-corrected chi connectivity index (χ4v) is 1.71. The molecular weight excluding hydrogens is 228 g/mol. The van der Waals surface area contributed by atoms with Crippen molar-refractivity contribution in [2.24, 2.45) is 5.14 Å². The maximum atomic E-state index is 11.5. The summed E-state index contributed by atoms with van der Waals surface area (Å²) in [6.07, 6.45) is 0.317. The molecule has 1 rings (SSSR count). The Kier molecular flexibility index (Phi) is 4.45. The van der Waals surface area contributed by atoms with E-state index in [1.807, 2.05) is 6.07 Å². The normalized spacial score (nSPS) is 11.1. The molecule has 0 radical (unpaired) electrons. The average molecular weight is 242 g/mol. The Labute approximate surface area is 94.7 Å². The molecule has 0 bridgehead atoms. The van der Waals surface area contributed by atoms with E-state index < -0.39 is 10.0 Å². The monoisotopic (exact) mass is 242 g/mol. The van der Waals surface area contributed by atoms with Crippen molar-refractivity contribution < 1.29 is 13.2 Å². The first-order chi connectivity index (χ1) is 7.49. The van der Waals surface area contributed by atoms with Crippen LogP contribution in [-0.2, 0) is 10.0 Å². The lowest BCUT2D eigenvalue weighted by Crippen LogP contribution is -2.27. The van der Waals surface area contributed by atoms with Crippen LogP contribution in [-0.4, -0.2) is 26.6 Å². The zero-order chi connectivity index (χ0) is 12.0. The number of primary sulfonamides is 1. The molecule has 1 amide bonds. The number of hydrogen-bond acceptors (Lipinski definition) is 3. The van der Waals surface area contributed by atoms with Crippen LogP contribution in [0.3, 0.4) is 0 Å². The summed E-state index contributed by atoms with van der Waals surface area (Å²) >= 11 is 0. The largest absolute Gasteiger partial charge is 0.352 e. The van der Waals surface area contributed by atoms with Crippen LogP contribution in [0.25, 0.3) is 0 Å². The van der Waals surface area contributed by atoms with Gasteiger partial charge in [-0.2, -0.15) is 0 Å². The number of nitrogens with two attached hydrogens (primary N) is 1. The minimum Gasteiger partial charge on any atom is -0.352 e. The third-order valence-corrected chi connectivity index (χ3v) is 2.78. The molecule has 16 heavy (non-hydrogen) atoms. The zero-order valence-electron chi connectivity index (χ0n) is 8.72. The number of benzene rings is 1. The number of rotatable bonds is 5. The fourth-order valence-electron chi connectivity index (χ4n) is 1.17. The van der Waals surface area contributed by atoms with Gasteiger partial charge in [0.1, 0.15) is 0 Å². The van der Waals surface area contributed by atoms with Crippen molar-refractivity contribution in [2.75, 3.05) is 12.3 Å². The second-order valence-electron chi connectivity index (χ2n) is 3.34. The van der Waals surface area contributed by atoms with Gasteiger partial charge in [-0.05, 0) is 18.6 Å². The maximum Gasteiger partial charge on any atom is 0.251 e. The van der Waals surface area contributed by atoms with Crippen LogP contribution < -0.4 is 10.5 Å². The molecule has 3 N–H and O–H groups in total. The number of carbonyl (C=O) groups is 1. The molecule has 0 saturated heterocycles. The first kappa shape index (κ1) is 12.7. The molecule has 0 aliphatic heterocycles. The minimum absolute atomic E-state index is 0.123. The van der Waals surface area contributed by atoms with Crippen LogP contribution in [0, 0.1) is 0 Å². The molecule has 88 valence electrons. The van der Waals surface area contributed by atoms with Crippen molar-refractivity contribution in [1.29, 1.82) is 0 Å². The van der Waals surface area contributed by atoms with Crippen molar-refractivity contribution in [1.82, 2.24) is 5.32 Å². The summed E-state index contributed by atoms with van der Waals surface area (Å²) in [5.41, 5.74) is 0.554. The molecule has 0 aliphatic rings. The molecule has 1 aromatic carbocycles. The minimum atomic E-state index is -3.44. The molecular formula is C10H14N2O3S. The second kappa shape index (κ2) is 5.62. The average Bonchev–Trinajstić information content (AvgIpc) is 2.24. The smallest absolute Gasteiger partial charge is 0.251 e. The molecule has 0 unspecified atom stereocenters. The number of amides is 1. The third kappa shape index (κ3) is 4.90. The molecule has 5 nitrogen and oxygen atoms in total. The van der Waals surface area contributed by atoms with Crippen LogP contribution in [0.1, 0.15) is 16.8 Å². The number of carbonyl (C=O) groups excluding carboxylic acids is 1. The molecule has 1 aromatic rings. The Morgan fingerprint density at radius 3 is 2.44 bits per heavy atom. The molecule has 0 spiro atoms. The van der Waals surface area contributed by atoms with E-state index in [1.54, 1.807) is 24.3 Å². The van der Waals surface area contributed by atoms with Crippen LogP contribution >= 0.6 is 0 Å². The molecule has 0 fully saturated rings. The van der Waals surface area contributed by atoms with Crippen molar-refractivity contribution >= 4 is 15.9 Å². The van der Waals surface area contributed by atoms with E-state index >= 15 is 0 Å². The first-order valence-corrected chi connectivity index (χ1v) is 6.54. The van der Waals surface area contributed by atoms with E-state index in [0.29, 0.717) is 18.5 Å². The summed E-state index contributed by atoms with van der Waals surface area (Å²) < 4.78 is 21.2. The molecule has 0 saturated carbocycles. The molecule has 0 aromatic heterocycles. The predicted octanol–water partition coefficient (Wildman–Crippen LogP) is 0.0950. The van der Waals surface area contributed by atoms with Gasteiger partial charge in [-0.15, -0.1) is 0 Å². The van der Waals surface area contributed by atoms with Gasteiger partial charge in [0.05, 0.1) is 5.75 Å². The summed E-state index contributed by atoms with van der Waals surface area (Å²) in [4.78, 5) is 11.5. The lowest BCUT2D eigenvalue weighted by atomic mass is 10.2. The van der Waals surface area contributed by atoms with Crippen LogP contribution in [0.2, 0.25) is 0 Å². The van der Waals surface area contributed by atoms with Crippen molar-refractivity contribution in [3.05, 3.63) is 35.9 Å². The van der Waals surface area contributed by atoms with Gasteiger partial charge in [0.25, 0.3) is 5.91 Å². The Hall–Kier alpha value is -1.40. The highest BCUT2D eigenvalue weighted by Gasteiger charge is 2.05. The Morgan fingerprint density at radius 2 is 1.88 bits per heavy atom. The van der Waals surface area contributed by atoms with E-state index in [4.69, 9.17) is 5.14 Å². The molecule has 0 heterocycles. The lowest BCUT2D eigenvalue weighted by molar-refractivity contribution is 0.0953. The first-order valence-electron chi connectivity index (χ1n) is 4.83. The van der Waals surface area contributed by atoms with E-state index in [0.717, 1.165) is 0 Å². The maximum absolute atomic E-state index is 11.5. The second-order valence-corrected chi connectivity index (χ2v) is 5.08. The Bertz CT molecular complexity index is 442. The van der Waals surface area contributed by atoms with E-state index in [-0.39, 0.29) is 11.7 Å². The van der Waals surface area contributed by atoms with Crippen molar-refractivity contribution in [3.63, 3.8) is 0 Å². The summed E-state index contributed by atoms with van der Waals surface area (Å²) in [6, 6.07) is 8.72. The number of hydrogen-bond donors (Lipinski definition) is 2. The lowest BCUT2D eigenvalue weighted by Gasteiger charge is -2.04. The fraction of sp³-hybridized carbons (Fsp3) is 0.300. The van der Waals surface area contributed by atoms with E-state index in [2.05, 4.69) is 5.32 Å². The van der Waals surface area contributed by atoms with E-state index in [1.165, 1.54) is 0 Å². The van der Waals surface area contributed by atoms with Gasteiger partial charge >= 0.3 is 0 Å². The highest BCUT2D eigenvalue weighted by atomic mass is 32.2. The standard InChI is InChI=1S/C10H14N2O3S/c11-16(14,15)8-4-7-12-10(13)9-5-2-1-3-6-9/h1-3,5-6H,4,7-8H2,(H,12,13)(H2,11,14,15). The summed E-state index contributed by atoms with van der Waals surface area (Å²) in [7, 11) is -3.44. The van der Waals surface area contributed by atoms with Gasteiger partial charge in [-0.3, -0.25) is 4.79 Å². The van der Waals surface area contributed by atoms with Crippen LogP contribution in [0.5, 0.6) is 0 Å². The predicted molar refractivity (Wildman–Crippen MR) is 61.4 cm³/mol. The number of nitrogens with one attached hydrogen (secondary N) is 1. The quantitative estimate of drug-likeness (QED) is 0.717. The summed E-state index contributed by atoms with van der Waals surface area (Å²) in [5, 5.41) is 7.44. The number of sulfonamides is 1. The van der Waals surface area contributed by atoms with E-state index in [9.17, 15) is 13.2 Å². The molecule has 0 aliphatic carbocycles. The molecule has 0 atom stereocenters. The van der Waals surface area contributed by atoms with Gasteiger partial charge in [-0.25, -0.2) is 13.6 Å². The van der Waals surface area contributed by atoms with Gasteiger partial charge in [-0.1, -0.05) is 18.2 Å². The Balaban J connectivity index is 2.32. The topological polar surface area (TPSA) is 89.3 Å². The summed E-state index contributed by atoms with van der Waals surface area (Å²) in [6.45, 7) is 0.296. The highest BCUT2D eigenvalue weighted by Crippen LogP contribution is 1.97. The van der Waals surface area contributed by atoms with Gasteiger partial charge in [0.2, 0.25) is 10.0 Å². The third-order valence-electron chi connectivity index (χ3n) is 1.93. The van der Waals surface area contributed by atoms with Crippen molar-refractivity contribution in [3.8, 4) is 0 Å². The SMILES string of the molecule is NS(=O)(=O)CCCNC(=O)c1ccccc1. The van der Waals surface area contributed by atoms with Gasteiger partial charge in [0, 0.05) is 12.1 Å². The van der Waals surface area contributed by atoms with Crippen LogP contribution in [0.4, 0.5) is 0 Å². The Morgan fingerprint density at radius 1 is 1.25 bits per heavy atom. The van der Waals surface area contributed by atoms with Crippen molar-refractivity contribution in [2.45, 2.75) is 6.42 Å². The highest BCUT2D eigenvalue weighted by molar-refractivity contribution is 7.89. The van der Waals surface area contributed by atoms with Gasteiger partial charge in [0.15, 0.2) is 0 Å².